The standard InChI is InChI=1S/C16H10O4S/c1-2-19-16(18)20-11-7-5-9-13-14(11)15(17)10-6-3-4-8-12(10)21-13/h2-9H,1H2. The fourth-order valence-electron chi connectivity index (χ4n) is 2.08. The van der Waals surface area contributed by atoms with Crippen LogP contribution < -0.4 is 10.2 Å². The van der Waals surface area contributed by atoms with Gasteiger partial charge >= 0.3 is 6.16 Å². The van der Waals surface area contributed by atoms with E-state index in [0.29, 0.717) is 10.8 Å². The van der Waals surface area contributed by atoms with E-state index in [0.717, 1.165) is 15.7 Å². The van der Waals surface area contributed by atoms with Crippen LogP contribution in [0, 0.1) is 0 Å². The lowest BCUT2D eigenvalue weighted by atomic mass is 10.1. The number of ether oxygens (including phenoxy) is 2. The van der Waals surface area contributed by atoms with Gasteiger partial charge < -0.3 is 9.47 Å². The Hall–Kier alpha value is -2.66. The molecule has 5 heteroatoms. The Labute approximate surface area is 123 Å². The third-order valence-corrected chi connectivity index (χ3v) is 4.08. The van der Waals surface area contributed by atoms with Crippen LogP contribution in [0.15, 0.2) is 60.1 Å². The highest BCUT2D eigenvalue weighted by Gasteiger charge is 2.13. The van der Waals surface area contributed by atoms with E-state index in [-0.39, 0.29) is 11.2 Å². The molecule has 0 unspecified atom stereocenters. The van der Waals surface area contributed by atoms with E-state index in [1.807, 2.05) is 18.2 Å². The fourth-order valence-corrected chi connectivity index (χ4v) is 3.18. The van der Waals surface area contributed by atoms with E-state index in [1.54, 1.807) is 24.3 Å². The molecule has 0 N–H and O–H groups in total. The molecule has 0 bridgehead atoms. The molecule has 0 aliphatic heterocycles. The van der Waals surface area contributed by atoms with E-state index in [1.165, 1.54) is 11.3 Å². The molecule has 2 aromatic carbocycles. The van der Waals surface area contributed by atoms with Crippen molar-refractivity contribution in [3.8, 4) is 5.75 Å². The summed E-state index contributed by atoms with van der Waals surface area (Å²) in [6.45, 7) is 3.28. The molecule has 0 aliphatic carbocycles. The Morgan fingerprint density at radius 1 is 1.10 bits per heavy atom. The van der Waals surface area contributed by atoms with Crippen molar-refractivity contribution in [3.63, 3.8) is 0 Å². The Morgan fingerprint density at radius 2 is 1.86 bits per heavy atom. The van der Waals surface area contributed by atoms with E-state index in [2.05, 4.69) is 11.3 Å². The lowest BCUT2D eigenvalue weighted by Crippen LogP contribution is -2.10. The number of fused-ring (bicyclic) bond motifs is 2. The minimum atomic E-state index is -0.921. The van der Waals surface area contributed by atoms with E-state index in [9.17, 15) is 9.59 Å². The van der Waals surface area contributed by atoms with Crippen molar-refractivity contribution in [2.24, 2.45) is 0 Å². The number of rotatable bonds is 2. The lowest BCUT2D eigenvalue weighted by molar-refractivity contribution is 0.136. The van der Waals surface area contributed by atoms with Gasteiger partial charge in [-0.05, 0) is 24.3 Å². The monoisotopic (exact) mass is 298 g/mol. The van der Waals surface area contributed by atoms with Crippen LogP contribution in [0.5, 0.6) is 5.75 Å². The van der Waals surface area contributed by atoms with Gasteiger partial charge in [-0.3, -0.25) is 4.79 Å². The quantitative estimate of drug-likeness (QED) is 0.310. The maximum absolute atomic E-state index is 12.6. The van der Waals surface area contributed by atoms with E-state index in [4.69, 9.17) is 4.74 Å². The molecule has 1 heterocycles. The van der Waals surface area contributed by atoms with Gasteiger partial charge in [0.25, 0.3) is 0 Å². The summed E-state index contributed by atoms with van der Waals surface area (Å²) in [6, 6.07) is 12.4. The summed E-state index contributed by atoms with van der Waals surface area (Å²) in [6.07, 6.45) is 0.0545. The average molecular weight is 298 g/mol. The van der Waals surface area contributed by atoms with Gasteiger partial charge in [-0.25, -0.2) is 4.79 Å². The zero-order chi connectivity index (χ0) is 14.8. The zero-order valence-electron chi connectivity index (χ0n) is 10.9. The first-order chi connectivity index (χ1) is 10.2. The maximum Gasteiger partial charge on any atom is 0.518 e. The van der Waals surface area contributed by atoms with Gasteiger partial charge in [-0.1, -0.05) is 24.8 Å². The maximum atomic E-state index is 12.6. The smallest absolute Gasteiger partial charge is 0.403 e. The predicted molar refractivity (Wildman–Crippen MR) is 82.9 cm³/mol. The number of benzene rings is 2. The molecule has 0 aliphatic rings. The van der Waals surface area contributed by atoms with Crippen LogP contribution in [-0.4, -0.2) is 6.16 Å². The number of carbonyl (C=O) groups excluding carboxylic acids is 1. The van der Waals surface area contributed by atoms with Crippen LogP contribution >= 0.6 is 11.3 Å². The van der Waals surface area contributed by atoms with E-state index >= 15 is 0 Å². The lowest BCUT2D eigenvalue weighted by Gasteiger charge is -2.06. The first kappa shape index (κ1) is 13.3. The van der Waals surface area contributed by atoms with Crippen molar-refractivity contribution in [3.05, 3.63) is 65.5 Å². The zero-order valence-corrected chi connectivity index (χ0v) is 11.7. The first-order valence-electron chi connectivity index (χ1n) is 6.14. The molecule has 1 aromatic heterocycles. The van der Waals surface area contributed by atoms with Crippen LogP contribution in [0.3, 0.4) is 0 Å². The first-order valence-corrected chi connectivity index (χ1v) is 6.96. The van der Waals surface area contributed by atoms with Gasteiger partial charge in [0.1, 0.15) is 5.75 Å². The SMILES string of the molecule is C=COC(=O)Oc1cccc2sc3ccccc3c(=O)c12. The second-order valence-electron chi connectivity index (χ2n) is 4.19. The number of hydrogen-bond acceptors (Lipinski definition) is 5. The summed E-state index contributed by atoms with van der Waals surface area (Å²) < 4.78 is 11.2. The molecule has 0 atom stereocenters. The van der Waals surface area contributed by atoms with Crippen molar-refractivity contribution in [1.82, 2.24) is 0 Å². The van der Waals surface area contributed by atoms with Gasteiger partial charge in [-0.15, -0.1) is 11.3 Å². The fraction of sp³-hybridized carbons (Fsp3) is 0. The molecule has 0 fully saturated rings. The Bertz CT molecular complexity index is 911. The normalized spacial score (nSPS) is 10.5. The highest BCUT2D eigenvalue weighted by molar-refractivity contribution is 7.24. The van der Waals surface area contributed by atoms with Crippen molar-refractivity contribution in [2.45, 2.75) is 0 Å². The Morgan fingerprint density at radius 3 is 2.67 bits per heavy atom. The minimum Gasteiger partial charge on any atom is -0.403 e. The molecule has 4 nitrogen and oxygen atoms in total. The van der Waals surface area contributed by atoms with Crippen LogP contribution in [0.4, 0.5) is 4.79 Å². The molecule has 3 aromatic rings. The number of hydrogen-bond donors (Lipinski definition) is 0. The summed E-state index contributed by atoms with van der Waals surface area (Å²) in [7, 11) is 0. The topological polar surface area (TPSA) is 52.6 Å². The second-order valence-corrected chi connectivity index (χ2v) is 5.28. The third kappa shape index (κ3) is 2.39. The van der Waals surface area contributed by atoms with E-state index < -0.39 is 6.16 Å². The Kier molecular flexibility index (Phi) is 3.41. The highest BCUT2D eigenvalue weighted by Crippen LogP contribution is 2.30. The van der Waals surface area contributed by atoms with Crippen LogP contribution in [-0.2, 0) is 4.74 Å². The van der Waals surface area contributed by atoms with Gasteiger partial charge in [0.05, 0.1) is 11.6 Å². The molecule has 0 radical (unpaired) electrons. The van der Waals surface area contributed by atoms with Crippen LogP contribution in [0.25, 0.3) is 20.2 Å². The molecule has 21 heavy (non-hydrogen) atoms. The van der Waals surface area contributed by atoms with Crippen LogP contribution in [0.1, 0.15) is 0 Å². The molecule has 0 amide bonds. The molecule has 104 valence electrons. The molecule has 0 spiro atoms. The largest absolute Gasteiger partial charge is 0.518 e. The summed E-state index contributed by atoms with van der Waals surface area (Å²) in [5.41, 5.74) is -0.165. The van der Waals surface area contributed by atoms with Gasteiger partial charge in [0, 0.05) is 14.8 Å². The molecular formula is C16H10O4S. The van der Waals surface area contributed by atoms with Crippen molar-refractivity contribution in [1.29, 1.82) is 0 Å². The Balaban J connectivity index is 2.27. The summed E-state index contributed by atoms with van der Waals surface area (Å²) >= 11 is 1.47. The molecular weight excluding hydrogens is 288 g/mol. The summed E-state index contributed by atoms with van der Waals surface area (Å²) in [5, 5.41) is 0.977. The van der Waals surface area contributed by atoms with Crippen molar-refractivity contribution < 1.29 is 14.3 Å². The minimum absolute atomic E-state index is 0.165. The van der Waals surface area contributed by atoms with Gasteiger partial charge in [0.15, 0.2) is 5.43 Å². The summed E-state index contributed by atoms with van der Waals surface area (Å²) in [4.78, 5) is 24.0. The second kappa shape index (κ2) is 5.38. The molecule has 0 saturated heterocycles. The predicted octanol–water partition coefficient (Wildman–Crippen LogP) is 4.07. The molecule has 3 rings (SSSR count). The third-order valence-electron chi connectivity index (χ3n) is 2.94. The van der Waals surface area contributed by atoms with Gasteiger partial charge in [0.2, 0.25) is 0 Å². The average Bonchev–Trinajstić information content (AvgIpc) is 2.48. The molecule has 0 saturated carbocycles. The highest BCUT2D eigenvalue weighted by atomic mass is 32.1. The van der Waals surface area contributed by atoms with Gasteiger partial charge in [-0.2, -0.15) is 0 Å². The van der Waals surface area contributed by atoms with Crippen molar-refractivity contribution in [2.75, 3.05) is 0 Å². The number of carbonyl (C=O) groups is 1. The van der Waals surface area contributed by atoms with Crippen LogP contribution in [0.2, 0.25) is 0 Å². The van der Waals surface area contributed by atoms with Crippen molar-refractivity contribution >= 4 is 37.7 Å². The summed E-state index contributed by atoms with van der Waals surface area (Å²) in [5.74, 6) is 0.186.